The number of fused-ring (bicyclic) bond motifs is 7. The third kappa shape index (κ3) is 6.29. The molecular formula is C42H66O16. The number of carbonyl (C=O) groups excluding carboxylic acids is 1. The quantitative estimate of drug-likeness (QED) is 0.0703. The molecule has 2 heterocycles. The molecule has 0 aromatic rings. The van der Waals surface area contributed by atoms with Crippen molar-refractivity contribution in [3.05, 3.63) is 11.6 Å². The molecule has 5 aliphatic carbocycles. The fourth-order valence-corrected chi connectivity index (χ4v) is 13.7. The highest BCUT2D eigenvalue weighted by Crippen LogP contribution is 2.76. The summed E-state index contributed by atoms with van der Waals surface area (Å²) in [4.78, 5) is 25.9. The summed E-state index contributed by atoms with van der Waals surface area (Å²) in [6.07, 6.45) is -8.31. The maximum atomic E-state index is 13.1. The van der Waals surface area contributed by atoms with E-state index in [1.165, 1.54) is 12.7 Å². The maximum Gasteiger partial charge on any atom is 0.323 e. The molecule has 7 aliphatic rings. The first-order valence-electron chi connectivity index (χ1n) is 21.0. The number of carboxylic acid groups (broad SMARTS) is 1. The average Bonchev–Trinajstić information content (AvgIpc) is 3.18. The van der Waals surface area contributed by atoms with Crippen molar-refractivity contribution in [1.29, 1.82) is 0 Å². The normalized spacial score (nSPS) is 54.2. The van der Waals surface area contributed by atoms with E-state index in [-0.39, 0.29) is 60.1 Å². The molecular weight excluding hydrogens is 760 g/mol. The summed E-state index contributed by atoms with van der Waals surface area (Å²) >= 11 is 0. The number of ether oxygens (including phenoxy) is 5. The first-order chi connectivity index (χ1) is 27.1. The average molecular weight is 827 g/mol. The van der Waals surface area contributed by atoms with Gasteiger partial charge in [-0.05, 0) is 97.2 Å². The molecule has 2 aliphatic heterocycles. The van der Waals surface area contributed by atoms with Gasteiger partial charge in [0.2, 0.25) is 0 Å². The van der Waals surface area contributed by atoms with Gasteiger partial charge in [-0.2, -0.15) is 0 Å². The van der Waals surface area contributed by atoms with Crippen LogP contribution < -0.4 is 0 Å². The highest BCUT2D eigenvalue weighted by atomic mass is 16.7. The van der Waals surface area contributed by atoms with Crippen molar-refractivity contribution in [3.63, 3.8) is 0 Å². The van der Waals surface area contributed by atoms with Crippen LogP contribution >= 0.6 is 0 Å². The van der Waals surface area contributed by atoms with Crippen LogP contribution in [0.5, 0.6) is 0 Å². The van der Waals surface area contributed by atoms with Crippen LogP contribution in [0.3, 0.4) is 0 Å². The van der Waals surface area contributed by atoms with Gasteiger partial charge >= 0.3 is 11.9 Å². The van der Waals surface area contributed by atoms with Crippen LogP contribution in [0, 0.1) is 50.2 Å². The molecule has 16 nitrogen and oxygen atoms in total. The van der Waals surface area contributed by atoms with Gasteiger partial charge in [-0.1, -0.05) is 46.3 Å². The molecule has 7 rings (SSSR count). The predicted molar refractivity (Wildman–Crippen MR) is 201 cm³/mol. The molecule has 0 aromatic carbocycles. The van der Waals surface area contributed by atoms with Gasteiger partial charge in [0.1, 0.15) is 42.7 Å². The minimum atomic E-state index is -1.73. The fourth-order valence-electron chi connectivity index (χ4n) is 13.7. The van der Waals surface area contributed by atoms with Gasteiger partial charge in [0.15, 0.2) is 18.0 Å². The first kappa shape index (κ1) is 44.3. The zero-order chi connectivity index (χ0) is 42.5. The molecule has 58 heavy (non-hydrogen) atoms. The van der Waals surface area contributed by atoms with Crippen LogP contribution in [-0.2, 0) is 33.3 Å². The van der Waals surface area contributed by atoms with Crippen molar-refractivity contribution in [3.8, 4) is 0 Å². The van der Waals surface area contributed by atoms with Crippen LogP contribution in [0.2, 0.25) is 0 Å². The Morgan fingerprint density at radius 1 is 0.810 bits per heavy atom. The first-order valence-corrected chi connectivity index (χ1v) is 21.0. The monoisotopic (exact) mass is 826 g/mol. The third-order valence-corrected chi connectivity index (χ3v) is 17.5. The van der Waals surface area contributed by atoms with E-state index in [0.29, 0.717) is 25.7 Å². The topological polar surface area (TPSA) is 262 Å². The lowest BCUT2D eigenvalue weighted by atomic mass is 9.33. The van der Waals surface area contributed by atoms with E-state index in [2.05, 4.69) is 33.8 Å². The minimum absolute atomic E-state index is 0.0745. The van der Waals surface area contributed by atoms with E-state index in [0.717, 1.165) is 19.3 Å². The Morgan fingerprint density at radius 2 is 1.48 bits per heavy atom. The second-order valence-corrected chi connectivity index (χ2v) is 20.1. The number of aliphatic carboxylic acids is 1. The summed E-state index contributed by atoms with van der Waals surface area (Å²) in [7, 11) is 1.25. The Balaban J connectivity index is 1.11. The van der Waals surface area contributed by atoms with Crippen molar-refractivity contribution < 1.29 is 79.2 Å². The summed E-state index contributed by atoms with van der Waals surface area (Å²) in [5.74, 6) is -2.01. The smallest absolute Gasteiger partial charge is 0.323 e. The number of hydrogen-bond donors (Lipinski definition) is 9. The summed E-state index contributed by atoms with van der Waals surface area (Å²) in [6, 6.07) is 0. The number of allylic oxidation sites excluding steroid dienone is 2. The van der Waals surface area contributed by atoms with E-state index >= 15 is 0 Å². The van der Waals surface area contributed by atoms with Gasteiger partial charge in [0.25, 0.3) is 0 Å². The zero-order valence-corrected chi connectivity index (χ0v) is 34.5. The van der Waals surface area contributed by atoms with Crippen LogP contribution in [0.15, 0.2) is 11.6 Å². The number of rotatable bonds is 8. The van der Waals surface area contributed by atoms with E-state index in [4.69, 9.17) is 23.7 Å². The van der Waals surface area contributed by atoms with Gasteiger partial charge in [-0.15, -0.1) is 0 Å². The molecule has 9 N–H and O–H groups in total. The molecule has 0 amide bonds. The Morgan fingerprint density at radius 3 is 2.12 bits per heavy atom. The highest BCUT2D eigenvalue weighted by molar-refractivity contribution is 5.99. The molecule has 6 fully saturated rings. The Bertz CT molecular complexity index is 1610. The van der Waals surface area contributed by atoms with E-state index in [1.54, 1.807) is 0 Å². The standard InChI is InChI=1S/C42H66O16/c1-37-11-13-40(4)20(21(37)15-42(14-12-37,35(51)52)36(53)54-6)7-8-26-38(2)16-22(45)32(39(3,19-44)25(38)9-10-41(26,40)5)58-33-30(49)28(47)24(18-55-33)57-34-31(50)29(48)27(46)23(17-43)56-34/h7,21-34,43-50H,8-19H2,1-6H3,(H,51,52)/t21-,22-,23+,24+,25+,26+,27+,28-,29-,30+,31+,32-,33-,34-,37-,38-,39-,40+,41+,42-/m0/s1. The molecule has 0 spiro atoms. The lowest BCUT2D eigenvalue weighted by Crippen LogP contribution is -2.69. The Hall–Kier alpha value is -1.80. The number of carbonyl (C=O) groups is 2. The van der Waals surface area contributed by atoms with Crippen molar-refractivity contribution in [2.75, 3.05) is 26.9 Å². The van der Waals surface area contributed by atoms with Gasteiger partial charge < -0.3 is 69.6 Å². The maximum absolute atomic E-state index is 13.1. The number of methoxy groups -OCH3 is 1. The largest absolute Gasteiger partial charge is 0.480 e. The second-order valence-electron chi connectivity index (χ2n) is 20.1. The fraction of sp³-hybridized carbons (Fsp3) is 0.905. The molecule has 20 atom stereocenters. The van der Waals surface area contributed by atoms with Crippen LogP contribution in [0.4, 0.5) is 0 Å². The molecule has 0 bridgehead atoms. The molecule has 330 valence electrons. The van der Waals surface area contributed by atoms with Gasteiger partial charge in [0, 0.05) is 5.41 Å². The van der Waals surface area contributed by atoms with Crippen LogP contribution in [0.1, 0.15) is 92.4 Å². The zero-order valence-electron chi connectivity index (χ0n) is 34.5. The van der Waals surface area contributed by atoms with E-state index < -0.39 is 102 Å². The Labute approximate surface area is 339 Å². The number of aliphatic hydroxyl groups is 8. The number of aliphatic hydroxyl groups excluding tert-OH is 8. The van der Waals surface area contributed by atoms with Crippen molar-refractivity contribution in [1.82, 2.24) is 0 Å². The molecule has 16 heteroatoms. The SMILES string of the molecule is COC(=O)[C@@]1(C(=O)O)CC[C@]2(C)CC[C@]3(C)C(=CC[C@@H]4[C@@]5(C)C[C@H](O)[C@H](O[C@@H]6OC[C@@H](O[C@@H]7O[C@H](CO)[C@@H](O)[C@H](O)[C@H]7O)[C@H](O)[C@H]6O)[C@@](C)(CO)[C@@H]5CC[C@]43C)[C@@H]2C1. The second kappa shape index (κ2) is 15.2. The van der Waals surface area contributed by atoms with E-state index in [9.17, 15) is 55.5 Å². The predicted octanol–water partition coefficient (Wildman–Crippen LogP) is 0.617. The number of hydrogen-bond acceptors (Lipinski definition) is 15. The molecule has 4 saturated carbocycles. The summed E-state index contributed by atoms with van der Waals surface area (Å²) < 4.78 is 28.4. The Kier molecular flexibility index (Phi) is 11.6. The summed E-state index contributed by atoms with van der Waals surface area (Å²) in [5, 5.41) is 96.4. The third-order valence-electron chi connectivity index (χ3n) is 17.5. The molecule has 0 unspecified atom stereocenters. The molecule has 2 saturated heterocycles. The van der Waals surface area contributed by atoms with Crippen molar-refractivity contribution in [2.45, 2.75) is 160 Å². The van der Waals surface area contributed by atoms with Gasteiger partial charge in [0.05, 0.1) is 39.1 Å². The number of carboxylic acids is 1. The molecule has 0 aromatic heterocycles. The lowest BCUT2D eigenvalue weighted by Gasteiger charge is -2.72. The lowest BCUT2D eigenvalue weighted by molar-refractivity contribution is -0.357. The molecule has 0 radical (unpaired) electrons. The van der Waals surface area contributed by atoms with Crippen molar-refractivity contribution >= 4 is 11.9 Å². The van der Waals surface area contributed by atoms with Crippen molar-refractivity contribution in [2.24, 2.45) is 50.2 Å². The number of esters is 1. The summed E-state index contributed by atoms with van der Waals surface area (Å²) in [6.45, 7) is 9.61. The minimum Gasteiger partial charge on any atom is -0.480 e. The summed E-state index contributed by atoms with van der Waals surface area (Å²) in [5.41, 5.74) is -2.59. The van der Waals surface area contributed by atoms with Gasteiger partial charge in [-0.25, -0.2) is 0 Å². The van der Waals surface area contributed by atoms with Gasteiger partial charge in [-0.3, -0.25) is 9.59 Å². The highest BCUT2D eigenvalue weighted by Gasteiger charge is 2.71. The van der Waals surface area contributed by atoms with E-state index in [1.807, 2.05) is 6.92 Å². The van der Waals surface area contributed by atoms with Crippen LogP contribution in [0.25, 0.3) is 0 Å². The van der Waals surface area contributed by atoms with Crippen LogP contribution in [-0.4, -0.2) is 152 Å².